The van der Waals surface area contributed by atoms with E-state index in [0.717, 1.165) is 48.8 Å². The Labute approximate surface area is 190 Å². The summed E-state index contributed by atoms with van der Waals surface area (Å²) >= 11 is 0. The molecule has 172 valence electrons. The molecule has 0 unspecified atom stereocenters. The maximum absolute atomic E-state index is 12.8. The number of nitrogens with one attached hydrogen (secondary N) is 1. The van der Waals surface area contributed by atoms with E-state index >= 15 is 0 Å². The van der Waals surface area contributed by atoms with Crippen LogP contribution in [0.2, 0.25) is 0 Å². The van der Waals surface area contributed by atoms with E-state index in [-0.39, 0.29) is 17.6 Å². The van der Waals surface area contributed by atoms with Crippen molar-refractivity contribution in [3.8, 4) is 0 Å². The van der Waals surface area contributed by atoms with E-state index in [1.54, 1.807) is 0 Å². The molecule has 32 heavy (non-hydrogen) atoms. The fraction of sp³-hybridized carbons (Fsp3) is 0.458. The highest BCUT2D eigenvalue weighted by atomic mass is 32.2. The van der Waals surface area contributed by atoms with Crippen molar-refractivity contribution in [1.29, 1.82) is 0 Å². The predicted molar refractivity (Wildman–Crippen MR) is 126 cm³/mol. The lowest BCUT2D eigenvalue weighted by atomic mass is 9.97. The molecule has 0 radical (unpaired) electrons. The molecule has 0 aliphatic carbocycles. The summed E-state index contributed by atoms with van der Waals surface area (Å²) in [5.41, 5.74) is 3.78. The number of carbonyl (C=O) groups is 1. The molecular formula is C24H31N3O4S. The second-order valence-corrected chi connectivity index (χ2v) is 10.5. The van der Waals surface area contributed by atoms with Crippen molar-refractivity contribution in [1.82, 2.24) is 4.31 Å². The van der Waals surface area contributed by atoms with Crippen molar-refractivity contribution in [2.75, 3.05) is 49.6 Å². The van der Waals surface area contributed by atoms with Crippen LogP contribution in [0.3, 0.4) is 0 Å². The first-order valence-corrected chi connectivity index (χ1v) is 12.8. The number of rotatable bonds is 6. The molecule has 0 saturated carbocycles. The Morgan fingerprint density at radius 1 is 0.969 bits per heavy atom. The number of amides is 1. The molecule has 2 fully saturated rings. The van der Waals surface area contributed by atoms with Crippen LogP contribution in [0.1, 0.15) is 24.0 Å². The predicted octanol–water partition coefficient (Wildman–Crippen LogP) is 3.01. The molecule has 2 saturated heterocycles. The van der Waals surface area contributed by atoms with Gasteiger partial charge in [0.1, 0.15) is 0 Å². The second kappa shape index (κ2) is 10.0. The third-order valence-electron chi connectivity index (χ3n) is 6.20. The number of sulfonamides is 1. The highest BCUT2D eigenvalue weighted by Crippen LogP contribution is 2.24. The van der Waals surface area contributed by atoms with Crippen molar-refractivity contribution < 1.29 is 17.9 Å². The lowest BCUT2D eigenvalue weighted by Crippen LogP contribution is -2.41. The molecule has 1 N–H and O–H groups in total. The highest BCUT2D eigenvalue weighted by molar-refractivity contribution is 7.88. The minimum Gasteiger partial charge on any atom is -0.378 e. The summed E-state index contributed by atoms with van der Waals surface area (Å²) in [5, 5.41) is 2.99. The molecule has 2 aromatic carbocycles. The van der Waals surface area contributed by atoms with Gasteiger partial charge in [0, 0.05) is 43.5 Å². The Morgan fingerprint density at radius 2 is 1.59 bits per heavy atom. The molecule has 0 aromatic heterocycles. The zero-order valence-electron chi connectivity index (χ0n) is 18.5. The molecular weight excluding hydrogens is 426 g/mol. The van der Waals surface area contributed by atoms with E-state index in [4.69, 9.17) is 4.74 Å². The van der Waals surface area contributed by atoms with Crippen LogP contribution in [-0.2, 0) is 25.3 Å². The normalized spacial score (nSPS) is 18.5. The van der Waals surface area contributed by atoms with Crippen LogP contribution in [0.25, 0.3) is 0 Å². The Hall–Kier alpha value is -2.42. The molecule has 4 rings (SSSR count). The summed E-state index contributed by atoms with van der Waals surface area (Å²) in [5.74, 6) is -0.223. The minimum atomic E-state index is -3.38. The van der Waals surface area contributed by atoms with Gasteiger partial charge in [0.25, 0.3) is 0 Å². The smallest absolute Gasteiger partial charge is 0.227 e. The van der Waals surface area contributed by atoms with E-state index in [1.165, 1.54) is 4.31 Å². The molecule has 2 heterocycles. The topological polar surface area (TPSA) is 79.0 Å². The number of aryl methyl sites for hydroxylation is 1. The Kier molecular flexibility index (Phi) is 7.13. The number of ether oxygens (including phenoxy) is 1. The van der Waals surface area contributed by atoms with Gasteiger partial charge >= 0.3 is 0 Å². The highest BCUT2D eigenvalue weighted by Gasteiger charge is 2.31. The Bertz CT molecular complexity index is 1010. The number of morpholine rings is 1. The summed E-state index contributed by atoms with van der Waals surface area (Å²) in [4.78, 5) is 15.0. The summed E-state index contributed by atoms with van der Waals surface area (Å²) in [6.45, 7) is 5.95. The van der Waals surface area contributed by atoms with Crippen LogP contribution >= 0.6 is 0 Å². The number of benzene rings is 2. The number of hydrogen-bond acceptors (Lipinski definition) is 5. The van der Waals surface area contributed by atoms with Crippen LogP contribution in [-0.4, -0.2) is 58.0 Å². The summed E-state index contributed by atoms with van der Waals surface area (Å²) in [6.07, 6.45) is 1.07. The Morgan fingerprint density at radius 3 is 2.22 bits per heavy atom. The van der Waals surface area contributed by atoms with Gasteiger partial charge in [-0.1, -0.05) is 29.8 Å². The van der Waals surface area contributed by atoms with Gasteiger partial charge in [-0.25, -0.2) is 12.7 Å². The van der Waals surface area contributed by atoms with Crippen molar-refractivity contribution in [2.24, 2.45) is 5.92 Å². The van der Waals surface area contributed by atoms with Crippen LogP contribution in [0.4, 0.5) is 11.4 Å². The van der Waals surface area contributed by atoms with Gasteiger partial charge in [0.05, 0.1) is 19.0 Å². The molecule has 0 atom stereocenters. The van der Waals surface area contributed by atoms with Gasteiger partial charge < -0.3 is 15.0 Å². The van der Waals surface area contributed by atoms with Crippen molar-refractivity contribution in [3.63, 3.8) is 0 Å². The van der Waals surface area contributed by atoms with Crippen LogP contribution < -0.4 is 10.2 Å². The van der Waals surface area contributed by atoms with Gasteiger partial charge in [0.15, 0.2) is 0 Å². The zero-order valence-corrected chi connectivity index (χ0v) is 19.3. The first-order chi connectivity index (χ1) is 15.4. The Balaban J connectivity index is 1.28. The number of carbonyl (C=O) groups excluding carboxylic acids is 1. The minimum absolute atomic E-state index is 0.000363. The number of anilines is 2. The van der Waals surface area contributed by atoms with Gasteiger partial charge in [-0.15, -0.1) is 0 Å². The molecule has 0 spiro atoms. The van der Waals surface area contributed by atoms with Crippen molar-refractivity contribution in [2.45, 2.75) is 25.5 Å². The maximum atomic E-state index is 12.8. The molecule has 1 amide bonds. The molecule has 7 nitrogen and oxygen atoms in total. The van der Waals surface area contributed by atoms with Gasteiger partial charge in [0.2, 0.25) is 15.9 Å². The summed E-state index contributed by atoms with van der Waals surface area (Å²) < 4.78 is 32.5. The molecule has 0 bridgehead atoms. The van der Waals surface area contributed by atoms with E-state index in [9.17, 15) is 13.2 Å². The molecule has 2 aromatic rings. The SMILES string of the molecule is Cc1ccc(CS(=O)(=O)N2CCC(C(=O)Nc3ccc(N4CCOCC4)cc3)CC2)cc1. The molecule has 2 aliphatic heterocycles. The summed E-state index contributed by atoms with van der Waals surface area (Å²) in [6, 6.07) is 15.4. The second-order valence-electron chi connectivity index (χ2n) is 8.55. The monoisotopic (exact) mass is 457 g/mol. The standard InChI is InChI=1S/C24H31N3O4S/c1-19-2-4-20(5-3-19)18-32(29,30)27-12-10-21(11-13-27)24(28)25-22-6-8-23(9-7-22)26-14-16-31-17-15-26/h2-9,21H,10-18H2,1H3,(H,25,28). The molecule has 2 aliphatic rings. The van der Waals surface area contributed by atoms with E-state index in [2.05, 4.69) is 10.2 Å². The van der Waals surface area contributed by atoms with Gasteiger partial charge in [-0.2, -0.15) is 0 Å². The zero-order chi connectivity index (χ0) is 22.6. The first kappa shape index (κ1) is 22.8. The van der Waals surface area contributed by atoms with Crippen molar-refractivity contribution >= 4 is 27.3 Å². The van der Waals surface area contributed by atoms with Crippen LogP contribution in [0, 0.1) is 12.8 Å². The quantitative estimate of drug-likeness (QED) is 0.721. The van der Waals surface area contributed by atoms with E-state index < -0.39 is 10.0 Å². The summed E-state index contributed by atoms with van der Waals surface area (Å²) in [7, 11) is -3.38. The van der Waals surface area contributed by atoms with Gasteiger partial charge in [-0.3, -0.25) is 4.79 Å². The average Bonchev–Trinajstić information content (AvgIpc) is 2.81. The number of hydrogen-bond donors (Lipinski definition) is 1. The largest absolute Gasteiger partial charge is 0.378 e. The number of nitrogens with zero attached hydrogens (tertiary/aromatic N) is 2. The fourth-order valence-electron chi connectivity index (χ4n) is 4.20. The third kappa shape index (κ3) is 5.68. The first-order valence-electron chi connectivity index (χ1n) is 11.2. The van der Waals surface area contributed by atoms with Crippen molar-refractivity contribution in [3.05, 3.63) is 59.7 Å². The maximum Gasteiger partial charge on any atom is 0.227 e. The lowest BCUT2D eigenvalue weighted by molar-refractivity contribution is -0.120. The lowest BCUT2D eigenvalue weighted by Gasteiger charge is -2.31. The fourth-order valence-corrected chi connectivity index (χ4v) is 5.77. The van der Waals surface area contributed by atoms with Crippen LogP contribution in [0.15, 0.2) is 48.5 Å². The van der Waals surface area contributed by atoms with Crippen LogP contribution in [0.5, 0.6) is 0 Å². The number of piperidine rings is 1. The average molecular weight is 458 g/mol. The molecule has 8 heteroatoms. The van der Waals surface area contributed by atoms with E-state index in [0.29, 0.717) is 25.9 Å². The van der Waals surface area contributed by atoms with Gasteiger partial charge in [-0.05, 0) is 49.6 Å². The third-order valence-corrected chi connectivity index (χ3v) is 8.05. The van der Waals surface area contributed by atoms with E-state index in [1.807, 2.05) is 55.5 Å².